The highest BCUT2D eigenvalue weighted by Crippen LogP contribution is 2.43. The van der Waals surface area contributed by atoms with Crippen LogP contribution in [0.5, 0.6) is 0 Å². The molecule has 0 amide bonds. The average molecular weight is 789 g/mol. The van der Waals surface area contributed by atoms with E-state index in [9.17, 15) is 42.1 Å². The van der Waals surface area contributed by atoms with Crippen molar-refractivity contribution in [1.29, 1.82) is 0 Å². The van der Waals surface area contributed by atoms with Gasteiger partial charge in [-0.15, -0.1) is 0 Å². The number of rotatable bonds is 15. The molecule has 0 radical (unpaired) electrons. The van der Waals surface area contributed by atoms with E-state index in [0.29, 0.717) is 0 Å². The predicted molar refractivity (Wildman–Crippen MR) is 170 cm³/mol. The SMILES string of the molecule is C[C@@H]1[C@@H](N=[N+]=[N-])[C@@H](O[C@H]2[C@H](O[C@@H]3O[C@H](CO)[C@@H](O[C@H]4O[C@@H](CN=[N+]=[N-])[C@@H](O)[C@H](O)[C@H]4N=[N+]=[N-])[C@H]3O)[C@@H](O)[C@H](N=[N+]=[N-])C[C@@H]2N=[N+]=[N-])O[C@H](CN=[N+]=[N-])C1(F)F. The highest BCUT2D eigenvalue weighted by Gasteiger charge is 2.59. The van der Waals surface area contributed by atoms with Gasteiger partial charge < -0.3 is 54.0 Å². The maximum absolute atomic E-state index is 15.3. The summed E-state index contributed by atoms with van der Waals surface area (Å²) in [5.74, 6) is -5.55. The molecule has 31 heteroatoms. The van der Waals surface area contributed by atoms with Gasteiger partial charge in [0.05, 0.1) is 62.2 Å². The molecule has 1 aliphatic carbocycles. The number of azide groups is 6. The van der Waals surface area contributed by atoms with E-state index in [-0.39, 0.29) is 0 Å². The Morgan fingerprint density at radius 1 is 0.618 bits per heavy atom. The third kappa shape index (κ3) is 9.22. The van der Waals surface area contributed by atoms with Gasteiger partial charge in [0.25, 0.3) is 5.92 Å². The van der Waals surface area contributed by atoms with Gasteiger partial charge in [0.2, 0.25) is 0 Å². The molecule has 1 saturated carbocycles. The second-order valence-electron chi connectivity index (χ2n) is 12.5. The largest absolute Gasteiger partial charge is 0.394 e. The lowest BCUT2D eigenvalue weighted by molar-refractivity contribution is -0.324. The maximum Gasteiger partial charge on any atom is 0.277 e. The third-order valence-corrected chi connectivity index (χ3v) is 9.46. The summed E-state index contributed by atoms with van der Waals surface area (Å²) in [4.78, 5) is 15.6. The van der Waals surface area contributed by atoms with Gasteiger partial charge in [-0.05, 0) is 39.6 Å². The highest BCUT2D eigenvalue weighted by molar-refractivity contribution is 5.05. The van der Waals surface area contributed by atoms with Crippen molar-refractivity contribution in [2.45, 2.75) is 123 Å². The molecule has 0 bridgehead atoms. The normalized spacial score (nSPS) is 42.1. The first kappa shape index (κ1) is 43.0. The Hall–Kier alpha value is -4.72. The van der Waals surface area contributed by atoms with Crippen LogP contribution >= 0.6 is 0 Å². The topological polar surface area (TPSA) is 449 Å². The van der Waals surface area contributed by atoms with Crippen LogP contribution in [0.15, 0.2) is 30.7 Å². The molecule has 4 aliphatic rings. The Balaban J connectivity index is 1.68. The van der Waals surface area contributed by atoms with Crippen molar-refractivity contribution in [3.8, 4) is 0 Å². The molecule has 3 saturated heterocycles. The third-order valence-electron chi connectivity index (χ3n) is 9.46. The summed E-state index contributed by atoms with van der Waals surface area (Å²) in [6.45, 7) is -1.31. The van der Waals surface area contributed by atoms with Crippen molar-refractivity contribution in [2.75, 3.05) is 19.7 Å². The molecular formula is C24H34F2N18O11. The van der Waals surface area contributed by atoms with Gasteiger partial charge >= 0.3 is 0 Å². The van der Waals surface area contributed by atoms with E-state index in [1.807, 2.05) is 0 Å². The van der Waals surface area contributed by atoms with Crippen molar-refractivity contribution in [1.82, 2.24) is 0 Å². The number of alkyl halides is 2. The zero-order valence-electron chi connectivity index (χ0n) is 28.2. The molecule has 4 fully saturated rings. The van der Waals surface area contributed by atoms with E-state index in [0.717, 1.165) is 6.92 Å². The van der Waals surface area contributed by atoms with Gasteiger partial charge in [0, 0.05) is 35.4 Å². The molecule has 0 aromatic heterocycles. The van der Waals surface area contributed by atoms with Crippen LogP contribution in [0.2, 0.25) is 0 Å². The number of aliphatic hydroxyl groups excluding tert-OH is 5. The van der Waals surface area contributed by atoms with Crippen molar-refractivity contribution in [2.24, 2.45) is 36.6 Å². The lowest BCUT2D eigenvalue weighted by Gasteiger charge is -2.48. The fourth-order valence-corrected chi connectivity index (χ4v) is 6.61. The molecule has 0 aromatic carbocycles. The molecule has 3 heterocycles. The number of nitrogens with zero attached hydrogens (tertiary/aromatic N) is 18. The first-order chi connectivity index (χ1) is 26.3. The van der Waals surface area contributed by atoms with Crippen LogP contribution in [0.1, 0.15) is 13.3 Å². The lowest BCUT2D eigenvalue weighted by atomic mass is 9.83. The van der Waals surface area contributed by atoms with Crippen molar-refractivity contribution in [3.05, 3.63) is 62.7 Å². The Bertz CT molecular complexity index is 1650. The van der Waals surface area contributed by atoms with Gasteiger partial charge in [-0.2, -0.15) is 0 Å². The summed E-state index contributed by atoms with van der Waals surface area (Å²) in [5.41, 5.74) is 54.3. The summed E-state index contributed by atoms with van der Waals surface area (Å²) in [6.07, 6.45) is -23.8. The molecule has 0 aromatic rings. The highest BCUT2D eigenvalue weighted by atomic mass is 19.3. The maximum atomic E-state index is 15.3. The van der Waals surface area contributed by atoms with E-state index >= 15 is 8.78 Å². The van der Waals surface area contributed by atoms with Crippen molar-refractivity contribution in [3.63, 3.8) is 0 Å². The zero-order chi connectivity index (χ0) is 40.4. The van der Waals surface area contributed by atoms with Gasteiger partial charge in [-0.25, -0.2) is 8.78 Å². The van der Waals surface area contributed by atoms with Gasteiger partial charge in [0.1, 0.15) is 42.7 Å². The molecule has 0 spiro atoms. The Labute approximate surface area is 305 Å². The first-order valence-electron chi connectivity index (χ1n) is 16.1. The number of aliphatic hydroxyl groups is 5. The van der Waals surface area contributed by atoms with E-state index in [4.69, 9.17) is 45.0 Å². The van der Waals surface area contributed by atoms with Crippen LogP contribution in [-0.4, -0.2) is 155 Å². The van der Waals surface area contributed by atoms with Crippen LogP contribution in [0.4, 0.5) is 8.78 Å². The molecule has 5 N–H and O–H groups in total. The van der Waals surface area contributed by atoms with Gasteiger partial charge in [0.15, 0.2) is 18.9 Å². The summed E-state index contributed by atoms with van der Waals surface area (Å²) in [6, 6.07) is -6.31. The molecule has 3 aliphatic heterocycles. The molecule has 29 nitrogen and oxygen atoms in total. The van der Waals surface area contributed by atoms with Crippen LogP contribution in [0.25, 0.3) is 62.7 Å². The van der Waals surface area contributed by atoms with Gasteiger partial charge in [-0.3, -0.25) is 0 Å². The van der Waals surface area contributed by atoms with E-state index in [1.165, 1.54) is 0 Å². The van der Waals surface area contributed by atoms with Gasteiger partial charge in [-0.1, -0.05) is 37.6 Å². The fraction of sp³-hybridized carbons (Fsp3) is 1.00. The monoisotopic (exact) mass is 788 g/mol. The minimum Gasteiger partial charge on any atom is -0.394 e. The second kappa shape index (κ2) is 19.2. The Kier molecular flexibility index (Phi) is 15.0. The fourth-order valence-electron chi connectivity index (χ4n) is 6.61. The van der Waals surface area contributed by atoms with E-state index in [2.05, 4.69) is 60.2 Å². The molecule has 55 heavy (non-hydrogen) atoms. The summed E-state index contributed by atoms with van der Waals surface area (Å²) >= 11 is 0. The van der Waals surface area contributed by atoms with Crippen LogP contribution in [0, 0.1) is 5.92 Å². The average Bonchev–Trinajstić information content (AvgIpc) is 3.46. The minimum absolute atomic E-state index is 0.420. The summed E-state index contributed by atoms with van der Waals surface area (Å²) in [7, 11) is 0. The number of hydrogen-bond acceptors (Lipinski definition) is 17. The predicted octanol–water partition coefficient (Wildman–Crippen LogP) is 1.76. The molecule has 4 rings (SSSR count). The number of hydrogen-bond donors (Lipinski definition) is 5. The lowest BCUT2D eigenvalue weighted by Crippen LogP contribution is -2.63. The molecule has 300 valence electrons. The Morgan fingerprint density at radius 3 is 1.78 bits per heavy atom. The zero-order valence-corrected chi connectivity index (χ0v) is 28.2. The molecular weight excluding hydrogens is 754 g/mol. The quantitative estimate of drug-likeness (QED) is 0.0904. The molecule has 18 atom stereocenters. The second-order valence-corrected chi connectivity index (χ2v) is 12.5. The minimum atomic E-state index is -3.74. The van der Waals surface area contributed by atoms with Crippen LogP contribution in [-0.2, 0) is 28.4 Å². The summed E-state index contributed by atoms with van der Waals surface area (Å²) in [5, 5.41) is 74.3. The van der Waals surface area contributed by atoms with Crippen LogP contribution < -0.4 is 0 Å². The summed E-state index contributed by atoms with van der Waals surface area (Å²) < 4.78 is 64.9. The van der Waals surface area contributed by atoms with Crippen molar-refractivity contribution < 1.29 is 62.7 Å². The Morgan fingerprint density at radius 2 is 1.16 bits per heavy atom. The van der Waals surface area contributed by atoms with Crippen LogP contribution in [0.3, 0.4) is 0 Å². The molecule has 0 unspecified atom stereocenters. The number of halogens is 2. The standard InChI is InChI=1S/C24H34F2N18O11/c1-6-12(37-43-31)21(52-11(4-34-40-28)24(6,25)26)53-18-8(36-42-30)2-7(35-41-29)14(46)20(18)55-23-17(49)19(10(5-45)51-23)54-22-13(38-44-32)16(48)15(47)9(50-22)3-33-39-27/h6-23,45-49H,2-5H2,1H3/t6-,7-,8+,9+,10-,11-,12-,13-,14+,15-,16-,17-,18-,19-,20-,21-,22-,23+/m1/s1. The number of ether oxygens (including phenoxy) is 6. The van der Waals surface area contributed by atoms with E-state index in [1.54, 1.807) is 0 Å². The van der Waals surface area contributed by atoms with Crippen molar-refractivity contribution >= 4 is 0 Å². The first-order valence-corrected chi connectivity index (χ1v) is 16.1. The smallest absolute Gasteiger partial charge is 0.277 e. The van der Waals surface area contributed by atoms with E-state index < -0.39 is 142 Å².